The molecular formula is C15H15N5O4S2. The van der Waals surface area contributed by atoms with Crippen LogP contribution >= 0.6 is 11.3 Å². The van der Waals surface area contributed by atoms with Crippen LogP contribution in [0.4, 0.5) is 5.13 Å². The van der Waals surface area contributed by atoms with Gasteiger partial charge in [0.1, 0.15) is 4.88 Å². The van der Waals surface area contributed by atoms with Crippen molar-refractivity contribution in [2.45, 2.75) is 4.90 Å². The summed E-state index contributed by atoms with van der Waals surface area (Å²) in [5.41, 5.74) is 1.85. The minimum Gasteiger partial charge on any atom is -0.345 e. The predicted octanol–water partition coefficient (Wildman–Crippen LogP) is 0.645. The zero-order chi connectivity index (χ0) is 18.7. The van der Waals surface area contributed by atoms with Crippen molar-refractivity contribution in [1.29, 1.82) is 5.26 Å². The van der Waals surface area contributed by atoms with Gasteiger partial charge in [-0.25, -0.2) is 18.9 Å². The second-order valence-corrected chi connectivity index (χ2v) is 8.43. The molecule has 1 saturated heterocycles. The number of carbonyl (C=O) groups is 1. The molecule has 1 aromatic heterocycles. The number of amides is 1. The first kappa shape index (κ1) is 18.3. The maximum atomic E-state index is 12.7. The Labute approximate surface area is 154 Å². The molecule has 11 heteroatoms. The Kier molecular flexibility index (Phi) is 5.19. The molecule has 9 nitrogen and oxygen atoms in total. The molecule has 1 aromatic carbocycles. The van der Waals surface area contributed by atoms with E-state index in [0.29, 0.717) is 23.8 Å². The van der Waals surface area contributed by atoms with Crippen molar-refractivity contribution < 1.29 is 18.4 Å². The van der Waals surface area contributed by atoms with E-state index in [1.54, 1.807) is 17.6 Å². The van der Waals surface area contributed by atoms with E-state index in [0.717, 1.165) is 11.3 Å². The van der Waals surface area contributed by atoms with Crippen LogP contribution in [-0.2, 0) is 10.0 Å². The Morgan fingerprint density at radius 1 is 1.31 bits per heavy atom. The topological polar surface area (TPSA) is 127 Å². The highest BCUT2D eigenvalue weighted by Crippen LogP contribution is 2.25. The highest BCUT2D eigenvalue weighted by Gasteiger charge is 2.29. The van der Waals surface area contributed by atoms with Crippen LogP contribution in [0.1, 0.15) is 15.2 Å². The minimum absolute atomic E-state index is 0.0983. The van der Waals surface area contributed by atoms with Crippen molar-refractivity contribution in [2.75, 3.05) is 31.1 Å². The van der Waals surface area contributed by atoms with E-state index < -0.39 is 15.9 Å². The van der Waals surface area contributed by atoms with Crippen molar-refractivity contribution in [3.8, 4) is 6.07 Å². The van der Waals surface area contributed by atoms with Crippen LogP contribution in [0, 0.1) is 11.3 Å². The van der Waals surface area contributed by atoms with Crippen molar-refractivity contribution in [3.63, 3.8) is 0 Å². The highest BCUT2D eigenvalue weighted by molar-refractivity contribution is 7.89. The number of nitriles is 1. The molecule has 0 atom stereocenters. The van der Waals surface area contributed by atoms with Gasteiger partial charge in [-0.1, -0.05) is 17.4 Å². The van der Waals surface area contributed by atoms with Gasteiger partial charge in [-0.05, 0) is 18.2 Å². The predicted molar refractivity (Wildman–Crippen MR) is 93.5 cm³/mol. The zero-order valence-corrected chi connectivity index (χ0v) is 15.1. The molecule has 0 aliphatic carbocycles. The third-order valence-corrected chi connectivity index (χ3v) is 6.88. The molecule has 1 aliphatic rings. The summed E-state index contributed by atoms with van der Waals surface area (Å²) in [4.78, 5) is 17.8. The lowest BCUT2D eigenvalue weighted by Gasteiger charge is -2.33. The fourth-order valence-corrected chi connectivity index (χ4v) is 4.89. The van der Waals surface area contributed by atoms with Gasteiger partial charge in [0.15, 0.2) is 5.13 Å². The Morgan fingerprint density at radius 2 is 2.04 bits per heavy atom. The van der Waals surface area contributed by atoms with Crippen molar-refractivity contribution in [2.24, 2.45) is 0 Å². The van der Waals surface area contributed by atoms with Crippen LogP contribution in [0.15, 0.2) is 35.4 Å². The Hall–Kier alpha value is -2.52. The van der Waals surface area contributed by atoms with E-state index >= 15 is 0 Å². The number of thiazole rings is 1. The quantitative estimate of drug-likeness (QED) is 0.577. The Balaban J connectivity index is 1.70. The summed E-state index contributed by atoms with van der Waals surface area (Å²) < 4.78 is 26.8. The number of aromatic nitrogens is 1. The van der Waals surface area contributed by atoms with E-state index in [4.69, 9.17) is 10.5 Å². The van der Waals surface area contributed by atoms with Crippen LogP contribution < -0.4 is 10.4 Å². The average Bonchev–Trinajstić information content (AvgIpc) is 3.17. The van der Waals surface area contributed by atoms with Gasteiger partial charge < -0.3 is 4.90 Å². The minimum atomic E-state index is -3.67. The van der Waals surface area contributed by atoms with E-state index in [1.165, 1.54) is 22.6 Å². The van der Waals surface area contributed by atoms with E-state index in [2.05, 4.69) is 4.98 Å². The van der Waals surface area contributed by atoms with Crippen molar-refractivity contribution in [3.05, 3.63) is 40.9 Å². The van der Waals surface area contributed by atoms with Crippen LogP contribution in [0.3, 0.4) is 0 Å². The lowest BCUT2D eigenvalue weighted by molar-refractivity contribution is 0.0710. The first-order valence-electron chi connectivity index (χ1n) is 7.61. The molecule has 1 amide bonds. The summed E-state index contributed by atoms with van der Waals surface area (Å²) in [6, 6.07) is 7.88. The van der Waals surface area contributed by atoms with E-state index in [9.17, 15) is 13.2 Å². The van der Waals surface area contributed by atoms with Gasteiger partial charge in [0.2, 0.25) is 10.0 Å². The molecule has 2 N–H and O–H groups in total. The second kappa shape index (κ2) is 7.38. The number of nitrogens with one attached hydrogen (secondary N) is 1. The van der Waals surface area contributed by atoms with E-state index in [1.807, 2.05) is 11.0 Å². The Morgan fingerprint density at radius 3 is 2.69 bits per heavy atom. The number of anilines is 1. The number of piperazine rings is 1. The standard InChI is InChI=1S/C15H15N5O4S2/c16-9-11-2-1-3-12(8-11)26(23,24)20-6-4-19(5-7-20)15-17-10-13(25-15)14(21)18-22/h1-3,8,10,22H,4-7H2,(H,18,21). The van der Waals surface area contributed by atoms with Crippen LogP contribution in [0.25, 0.3) is 0 Å². The van der Waals surface area contributed by atoms with Gasteiger partial charge in [-0.3, -0.25) is 10.0 Å². The van der Waals surface area contributed by atoms with Crippen LogP contribution in [-0.4, -0.2) is 55.0 Å². The lowest BCUT2D eigenvalue weighted by Crippen LogP contribution is -2.48. The first-order valence-corrected chi connectivity index (χ1v) is 9.87. The normalized spacial score (nSPS) is 15.5. The largest absolute Gasteiger partial charge is 0.345 e. The monoisotopic (exact) mass is 393 g/mol. The molecule has 2 heterocycles. The van der Waals surface area contributed by atoms with Crippen molar-refractivity contribution >= 4 is 32.4 Å². The smallest absolute Gasteiger partial charge is 0.286 e. The van der Waals surface area contributed by atoms with Crippen LogP contribution in [0.5, 0.6) is 0 Å². The molecule has 3 rings (SSSR count). The summed E-state index contributed by atoms with van der Waals surface area (Å²) in [5, 5.41) is 18.2. The molecule has 0 saturated carbocycles. The summed E-state index contributed by atoms with van der Waals surface area (Å²) in [7, 11) is -3.67. The molecule has 136 valence electrons. The third-order valence-electron chi connectivity index (χ3n) is 3.93. The number of nitrogens with zero attached hydrogens (tertiary/aromatic N) is 4. The van der Waals surface area contributed by atoms with Gasteiger partial charge in [-0.2, -0.15) is 9.57 Å². The number of hydrogen-bond donors (Lipinski definition) is 2. The fraction of sp³-hybridized carbons (Fsp3) is 0.267. The number of sulfonamides is 1. The lowest BCUT2D eigenvalue weighted by atomic mass is 10.2. The molecule has 0 radical (unpaired) electrons. The highest BCUT2D eigenvalue weighted by atomic mass is 32.2. The molecule has 0 spiro atoms. The van der Waals surface area contributed by atoms with Crippen LogP contribution in [0.2, 0.25) is 0 Å². The number of carbonyl (C=O) groups excluding carboxylic acids is 1. The maximum Gasteiger partial charge on any atom is 0.286 e. The van der Waals surface area contributed by atoms with Gasteiger partial charge in [-0.15, -0.1) is 0 Å². The average molecular weight is 393 g/mol. The number of rotatable bonds is 4. The van der Waals surface area contributed by atoms with E-state index in [-0.39, 0.29) is 22.9 Å². The fourth-order valence-electron chi connectivity index (χ4n) is 2.57. The molecule has 2 aromatic rings. The van der Waals surface area contributed by atoms with Crippen molar-refractivity contribution in [1.82, 2.24) is 14.8 Å². The second-order valence-electron chi connectivity index (χ2n) is 5.48. The zero-order valence-electron chi connectivity index (χ0n) is 13.5. The Bertz CT molecular complexity index is 958. The van der Waals surface area contributed by atoms with Gasteiger partial charge >= 0.3 is 0 Å². The maximum absolute atomic E-state index is 12.7. The first-order chi connectivity index (χ1) is 12.5. The number of hydroxylamine groups is 1. The molecular weight excluding hydrogens is 378 g/mol. The molecule has 1 aliphatic heterocycles. The molecule has 1 fully saturated rings. The summed E-state index contributed by atoms with van der Waals surface area (Å²) >= 11 is 1.12. The molecule has 0 bridgehead atoms. The molecule has 26 heavy (non-hydrogen) atoms. The van der Waals surface area contributed by atoms with Gasteiger partial charge in [0, 0.05) is 26.2 Å². The summed E-state index contributed by atoms with van der Waals surface area (Å²) in [6.45, 7) is 1.37. The summed E-state index contributed by atoms with van der Waals surface area (Å²) in [6.07, 6.45) is 1.36. The third kappa shape index (κ3) is 3.54. The summed E-state index contributed by atoms with van der Waals surface area (Å²) in [5.74, 6) is -0.632. The SMILES string of the molecule is N#Cc1cccc(S(=O)(=O)N2CCN(c3ncc(C(=O)NO)s3)CC2)c1. The molecule has 0 unspecified atom stereocenters. The number of benzene rings is 1. The number of hydrogen-bond acceptors (Lipinski definition) is 8. The van der Waals surface area contributed by atoms with Gasteiger partial charge in [0.25, 0.3) is 5.91 Å². The van der Waals surface area contributed by atoms with Gasteiger partial charge in [0.05, 0.1) is 22.7 Å².